The van der Waals surface area contributed by atoms with Crippen LogP contribution in [0.15, 0.2) is 22.4 Å². The van der Waals surface area contributed by atoms with Gasteiger partial charge in [0.05, 0.1) is 17.8 Å². The predicted octanol–water partition coefficient (Wildman–Crippen LogP) is 0.724. The second-order valence-electron chi connectivity index (χ2n) is 3.49. The standard InChI is InChI=1S/C10H10N4O3S/c11-7-1-5(9(15)16)2-12-8(7)13-3-6-4-18-10(17)14-6/h1-2,4H,3,11H2,(H,12,13)(H,14,17)(H,15,16). The van der Waals surface area contributed by atoms with Crippen molar-refractivity contribution in [1.82, 2.24) is 9.97 Å². The number of H-pyrrole nitrogens is 1. The van der Waals surface area contributed by atoms with E-state index in [-0.39, 0.29) is 16.1 Å². The number of nitrogen functional groups attached to an aromatic ring is 1. The summed E-state index contributed by atoms with van der Waals surface area (Å²) in [5, 5.41) is 13.4. The zero-order chi connectivity index (χ0) is 13.1. The number of nitrogens with two attached hydrogens (primary N) is 1. The summed E-state index contributed by atoms with van der Waals surface area (Å²) in [5.41, 5.74) is 6.66. The third-order valence-corrected chi connectivity index (χ3v) is 2.90. The topological polar surface area (TPSA) is 121 Å². The lowest BCUT2D eigenvalue weighted by Crippen LogP contribution is -2.08. The average Bonchev–Trinajstić information content (AvgIpc) is 2.73. The molecule has 0 unspecified atom stereocenters. The van der Waals surface area contributed by atoms with Gasteiger partial charge in [0.1, 0.15) is 5.82 Å². The molecule has 0 aliphatic heterocycles. The minimum Gasteiger partial charge on any atom is -0.478 e. The third-order valence-electron chi connectivity index (χ3n) is 2.18. The summed E-state index contributed by atoms with van der Waals surface area (Å²) in [5.74, 6) is -0.699. The molecule has 0 atom stereocenters. The molecule has 0 aromatic carbocycles. The quantitative estimate of drug-likeness (QED) is 0.647. The number of nitrogens with zero attached hydrogens (tertiary/aromatic N) is 1. The van der Waals surface area contributed by atoms with Crippen LogP contribution in [-0.2, 0) is 6.54 Å². The van der Waals surface area contributed by atoms with Gasteiger partial charge in [-0.2, -0.15) is 0 Å². The van der Waals surface area contributed by atoms with Crippen molar-refractivity contribution < 1.29 is 9.90 Å². The van der Waals surface area contributed by atoms with Crippen molar-refractivity contribution in [3.05, 3.63) is 38.6 Å². The largest absolute Gasteiger partial charge is 0.478 e. The fraction of sp³-hybridized carbons (Fsp3) is 0.100. The first kappa shape index (κ1) is 12.1. The molecule has 0 amide bonds. The van der Waals surface area contributed by atoms with Crippen molar-refractivity contribution in [1.29, 1.82) is 0 Å². The minimum absolute atomic E-state index is 0.0296. The number of carboxylic acid groups (broad SMARTS) is 1. The highest BCUT2D eigenvalue weighted by molar-refractivity contribution is 7.07. The average molecular weight is 266 g/mol. The first-order valence-corrected chi connectivity index (χ1v) is 5.83. The van der Waals surface area contributed by atoms with E-state index in [9.17, 15) is 9.59 Å². The molecule has 7 nitrogen and oxygen atoms in total. The minimum atomic E-state index is -1.08. The molecule has 5 N–H and O–H groups in total. The number of aromatic carboxylic acids is 1. The smallest absolute Gasteiger partial charge is 0.337 e. The van der Waals surface area contributed by atoms with Gasteiger partial charge < -0.3 is 21.1 Å². The number of aromatic amines is 1. The summed E-state index contributed by atoms with van der Waals surface area (Å²) in [7, 11) is 0. The van der Waals surface area contributed by atoms with Gasteiger partial charge in [-0.15, -0.1) is 0 Å². The molecule has 0 radical (unpaired) electrons. The number of thiazole rings is 1. The molecule has 94 valence electrons. The molecule has 2 heterocycles. The van der Waals surface area contributed by atoms with Gasteiger partial charge in [-0.05, 0) is 6.07 Å². The van der Waals surface area contributed by atoms with E-state index in [0.717, 1.165) is 11.3 Å². The predicted molar refractivity (Wildman–Crippen MR) is 67.9 cm³/mol. The lowest BCUT2D eigenvalue weighted by atomic mass is 10.2. The number of pyridine rings is 1. The first-order chi connectivity index (χ1) is 8.56. The number of aromatic nitrogens is 2. The van der Waals surface area contributed by atoms with Crippen molar-refractivity contribution in [2.24, 2.45) is 0 Å². The molecule has 2 rings (SSSR count). The van der Waals surface area contributed by atoms with Crippen LogP contribution in [-0.4, -0.2) is 21.0 Å². The molecular weight excluding hydrogens is 256 g/mol. The van der Waals surface area contributed by atoms with Crippen molar-refractivity contribution in [2.75, 3.05) is 11.1 Å². The van der Waals surface area contributed by atoms with Crippen molar-refractivity contribution >= 4 is 28.8 Å². The molecule has 0 spiro atoms. The van der Waals surface area contributed by atoms with Crippen LogP contribution >= 0.6 is 11.3 Å². The van der Waals surface area contributed by atoms with Crippen molar-refractivity contribution in [3.8, 4) is 0 Å². The highest BCUT2D eigenvalue weighted by atomic mass is 32.1. The molecule has 2 aromatic heterocycles. The van der Waals surface area contributed by atoms with Gasteiger partial charge >= 0.3 is 10.8 Å². The molecule has 0 saturated carbocycles. The van der Waals surface area contributed by atoms with Gasteiger partial charge in [-0.25, -0.2) is 9.78 Å². The van der Waals surface area contributed by atoms with Gasteiger partial charge in [-0.1, -0.05) is 11.3 Å². The van der Waals surface area contributed by atoms with Crippen molar-refractivity contribution in [2.45, 2.75) is 6.54 Å². The van der Waals surface area contributed by atoms with Crippen molar-refractivity contribution in [3.63, 3.8) is 0 Å². The summed E-state index contributed by atoms with van der Waals surface area (Å²) >= 11 is 1.07. The lowest BCUT2D eigenvalue weighted by molar-refractivity contribution is 0.0696. The number of hydrogen-bond acceptors (Lipinski definition) is 6. The zero-order valence-corrected chi connectivity index (χ0v) is 9.95. The van der Waals surface area contributed by atoms with E-state index < -0.39 is 5.97 Å². The number of nitrogens with one attached hydrogen (secondary N) is 2. The van der Waals surface area contributed by atoms with Crippen LogP contribution in [0.4, 0.5) is 11.5 Å². The van der Waals surface area contributed by atoms with Crippen LogP contribution in [0, 0.1) is 0 Å². The van der Waals surface area contributed by atoms with E-state index in [0.29, 0.717) is 18.1 Å². The van der Waals surface area contributed by atoms with Crippen LogP contribution < -0.4 is 15.9 Å². The monoisotopic (exact) mass is 266 g/mol. The second kappa shape index (κ2) is 4.88. The normalized spacial score (nSPS) is 10.2. The van der Waals surface area contributed by atoms with E-state index in [4.69, 9.17) is 10.8 Å². The number of hydrogen-bond donors (Lipinski definition) is 4. The zero-order valence-electron chi connectivity index (χ0n) is 9.14. The molecule has 0 bridgehead atoms. The number of carbonyl (C=O) groups is 1. The Morgan fingerprint density at radius 1 is 1.61 bits per heavy atom. The molecule has 0 fully saturated rings. The van der Waals surface area contributed by atoms with E-state index in [1.165, 1.54) is 12.3 Å². The highest BCUT2D eigenvalue weighted by Crippen LogP contribution is 2.17. The van der Waals surface area contributed by atoms with Gasteiger partial charge in [0.25, 0.3) is 0 Å². The van der Waals surface area contributed by atoms with Gasteiger partial charge in [0.15, 0.2) is 0 Å². The fourth-order valence-corrected chi connectivity index (χ4v) is 1.91. The molecule has 18 heavy (non-hydrogen) atoms. The number of rotatable bonds is 4. The Bertz CT molecular complexity index is 634. The Balaban J connectivity index is 2.10. The van der Waals surface area contributed by atoms with E-state index in [2.05, 4.69) is 15.3 Å². The summed E-state index contributed by atoms with van der Waals surface area (Å²) in [6, 6.07) is 1.33. The Morgan fingerprint density at radius 2 is 2.39 bits per heavy atom. The van der Waals surface area contributed by atoms with E-state index >= 15 is 0 Å². The van der Waals surface area contributed by atoms with E-state index in [1.54, 1.807) is 5.38 Å². The third kappa shape index (κ3) is 2.66. The maximum Gasteiger partial charge on any atom is 0.337 e. The fourth-order valence-electron chi connectivity index (χ4n) is 1.33. The van der Waals surface area contributed by atoms with Crippen LogP contribution in [0.3, 0.4) is 0 Å². The van der Waals surface area contributed by atoms with Crippen LogP contribution in [0.1, 0.15) is 16.1 Å². The molecule has 0 aliphatic carbocycles. The summed E-state index contributed by atoms with van der Waals surface area (Å²) < 4.78 is 0. The first-order valence-electron chi connectivity index (χ1n) is 4.95. The van der Waals surface area contributed by atoms with Crippen LogP contribution in [0.25, 0.3) is 0 Å². The van der Waals surface area contributed by atoms with Gasteiger partial charge in [-0.3, -0.25) is 4.79 Å². The SMILES string of the molecule is Nc1cc(C(=O)O)cnc1NCc1csc(=O)[nH]1. The van der Waals surface area contributed by atoms with Gasteiger partial charge in [0.2, 0.25) is 0 Å². The summed E-state index contributed by atoms with van der Waals surface area (Å²) in [6.45, 7) is 0.363. The number of anilines is 2. The lowest BCUT2D eigenvalue weighted by Gasteiger charge is -2.07. The van der Waals surface area contributed by atoms with Crippen LogP contribution in [0.2, 0.25) is 0 Å². The summed E-state index contributed by atoms with van der Waals surface area (Å²) in [6.07, 6.45) is 1.22. The second-order valence-corrected chi connectivity index (χ2v) is 4.34. The number of carboxylic acids is 1. The molecule has 2 aromatic rings. The molecule has 8 heteroatoms. The molecule has 0 saturated heterocycles. The Kier molecular flexibility index (Phi) is 3.28. The Morgan fingerprint density at radius 3 is 2.94 bits per heavy atom. The maximum absolute atomic E-state index is 10.9. The van der Waals surface area contributed by atoms with Gasteiger partial charge in [0, 0.05) is 17.3 Å². The molecule has 0 aliphatic rings. The summed E-state index contributed by atoms with van der Waals surface area (Å²) in [4.78, 5) is 28.0. The molecular formula is C10H10N4O3S. The Hall–Kier alpha value is -2.35. The van der Waals surface area contributed by atoms with Crippen LogP contribution in [0.5, 0.6) is 0 Å². The maximum atomic E-state index is 10.9. The Labute approximate surface area is 105 Å². The highest BCUT2D eigenvalue weighted by Gasteiger charge is 2.07. The van der Waals surface area contributed by atoms with E-state index in [1.807, 2.05) is 0 Å².